The zero-order valence-electron chi connectivity index (χ0n) is 16.1. The monoisotopic (exact) mass is 419 g/mol. The molecule has 1 heterocycles. The van der Waals surface area contributed by atoms with Crippen molar-refractivity contribution in [2.75, 3.05) is 19.9 Å². The lowest BCUT2D eigenvalue weighted by Gasteiger charge is -2.15. The average Bonchev–Trinajstić information content (AvgIpc) is 3.04. The molecule has 0 aliphatic heterocycles. The summed E-state index contributed by atoms with van der Waals surface area (Å²) >= 11 is 6.18. The van der Waals surface area contributed by atoms with Crippen LogP contribution in [0.3, 0.4) is 0 Å². The second-order valence-corrected chi connectivity index (χ2v) is 7.52. The number of carboxylic acids is 1. The van der Waals surface area contributed by atoms with Gasteiger partial charge in [0, 0.05) is 40.2 Å². The predicted octanol–water partition coefficient (Wildman–Crippen LogP) is 4.56. The molecule has 7 heteroatoms. The highest BCUT2D eigenvalue weighted by Crippen LogP contribution is 2.30. The van der Waals surface area contributed by atoms with E-state index in [9.17, 15) is 19.4 Å². The SMILES string of the molecule is CC(CF)COc1ccc(Cl)cc1Cn1cc(CCO)c2c(C(=O)O)cccc21. The number of halogens is 2. The van der Waals surface area contributed by atoms with Gasteiger partial charge < -0.3 is 19.5 Å². The van der Waals surface area contributed by atoms with Crippen LogP contribution in [-0.2, 0) is 13.0 Å². The van der Waals surface area contributed by atoms with Crippen LogP contribution >= 0.6 is 11.6 Å². The Kier molecular flexibility index (Phi) is 6.77. The van der Waals surface area contributed by atoms with Crippen LogP contribution in [0.15, 0.2) is 42.6 Å². The Bertz CT molecular complexity index is 1020. The van der Waals surface area contributed by atoms with Gasteiger partial charge in [0.25, 0.3) is 0 Å². The molecule has 0 aliphatic carbocycles. The van der Waals surface area contributed by atoms with Gasteiger partial charge in [-0.3, -0.25) is 4.39 Å². The van der Waals surface area contributed by atoms with Crippen molar-refractivity contribution in [3.8, 4) is 5.75 Å². The summed E-state index contributed by atoms with van der Waals surface area (Å²) in [6.45, 7) is 1.86. The first-order chi connectivity index (χ1) is 13.9. The minimum atomic E-state index is -1.01. The number of fused-ring (bicyclic) bond motifs is 1. The average molecular weight is 420 g/mol. The van der Waals surface area contributed by atoms with Gasteiger partial charge in [0.1, 0.15) is 5.75 Å². The number of rotatable bonds is 9. The van der Waals surface area contributed by atoms with Crippen LogP contribution in [0.4, 0.5) is 4.39 Å². The summed E-state index contributed by atoms with van der Waals surface area (Å²) in [7, 11) is 0. The number of hydrogen-bond donors (Lipinski definition) is 2. The topological polar surface area (TPSA) is 71.7 Å². The number of aliphatic hydroxyl groups excluding tert-OH is 1. The van der Waals surface area contributed by atoms with Gasteiger partial charge in [-0.15, -0.1) is 0 Å². The number of ether oxygens (including phenoxy) is 1. The molecular formula is C22H23ClFNO4. The van der Waals surface area contributed by atoms with Crippen molar-refractivity contribution in [1.82, 2.24) is 4.57 Å². The van der Waals surface area contributed by atoms with E-state index in [1.54, 1.807) is 37.3 Å². The first-order valence-corrected chi connectivity index (χ1v) is 9.74. The molecule has 1 atom stereocenters. The maximum absolute atomic E-state index is 12.8. The van der Waals surface area contributed by atoms with Crippen LogP contribution in [0.25, 0.3) is 10.9 Å². The Labute approximate surface area is 173 Å². The first-order valence-electron chi connectivity index (χ1n) is 9.36. The Morgan fingerprint density at radius 2 is 2.07 bits per heavy atom. The molecule has 0 radical (unpaired) electrons. The van der Waals surface area contributed by atoms with Gasteiger partial charge >= 0.3 is 5.97 Å². The van der Waals surface area contributed by atoms with Gasteiger partial charge in [-0.1, -0.05) is 24.6 Å². The van der Waals surface area contributed by atoms with E-state index in [1.165, 1.54) is 0 Å². The van der Waals surface area contributed by atoms with Gasteiger partial charge in [-0.2, -0.15) is 0 Å². The number of benzene rings is 2. The van der Waals surface area contributed by atoms with E-state index in [1.807, 2.05) is 16.8 Å². The molecule has 1 aromatic heterocycles. The number of nitrogens with zero attached hydrogens (tertiary/aromatic N) is 1. The maximum atomic E-state index is 12.8. The van der Waals surface area contributed by atoms with Crippen molar-refractivity contribution in [2.45, 2.75) is 19.9 Å². The largest absolute Gasteiger partial charge is 0.493 e. The Morgan fingerprint density at radius 1 is 1.28 bits per heavy atom. The zero-order chi connectivity index (χ0) is 21.0. The third-order valence-electron chi connectivity index (χ3n) is 4.75. The standard InChI is InChI=1S/C22H23ClFNO4/c1-14(10-24)13-29-20-6-5-17(23)9-16(20)12-25-11-15(7-8-26)21-18(22(27)28)3-2-4-19(21)25/h2-6,9,11,14,26H,7-8,10,12-13H2,1H3,(H,27,28). The molecule has 0 amide bonds. The fourth-order valence-electron chi connectivity index (χ4n) is 3.33. The van der Waals surface area contributed by atoms with E-state index in [0.29, 0.717) is 29.1 Å². The highest BCUT2D eigenvalue weighted by molar-refractivity contribution is 6.30. The van der Waals surface area contributed by atoms with Gasteiger partial charge in [-0.05, 0) is 42.3 Å². The lowest BCUT2D eigenvalue weighted by molar-refractivity contribution is 0.0699. The fraction of sp³-hybridized carbons (Fsp3) is 0.318. The number of alkyl halides is 1. The maximum Gasteiger partial charge on any atom is 0.336 e. The number of carbonyl (C=O) groups is 1. The minimum Gasteiger partial charge on any atom is -0.493 e. The lowest BCUT2D eigenvalue weighted by atomic mass is 10.0. The second kappa shape index (κ2) is 9.29. The molecule has 0 aliphatic rings. The predicted molar refractivity (Wildman–Crippen MR) is 111 cm³/mol. The van der Waals surface area contributed by atoms with E-state index in [4.69, 9.17) is 16.3 Å². The quantitative estimate of drug-likeness (QED) is 0.533. The Hall–Kier alpha value is -2.57. The number of aliphatic hydroxyl groups is 1. The van der Waals surface area contributed by atoms with E-state index in [-0.39, 0.29) is 24.7 Å². The van der Waals surface area contributed by atoms with Crippen LogP contribution in [0, 0.1) is 5.92 Å². The number of carboxylic acid groups (broad SMARTS) is 1. The summed E-state index contributed by atoms with van der Waals surface area (Å²) < 4.78 is 20.5. The number of aromatic carboxylic acids is 1. The molecule has 0 fully saturated rings. The van der Waals surface area contributed by atoms with Gasteiger partial charge in [0.15, 0.2) is 0 Å². The molecule has 0 bridgehead atoms. The summed E-state index contributed by atoms with van der Waals surface area (Å²) in [5, 5.41) is 20.1. The number of hydrogen-bond acceptors (Lipinski definition) is 3. The van der Waals surface area contributed by atoms with E-state index < -0.39 is 12.6 Å². The molecule has 3 rings (SSSR count). The van der Waals surface area contributed by atoms with E-state index >= 15 is 0 Å². The van der Waals surface area contributed by atoms with Crippen molar-refractivity contribution >= 4 is 28.5 Å². The van der Waals surface area contributed by atoms with Crippen molar-refractivity contribution in [2.24, 2.45) is 5.92 Å². The van der Waals surface area contributed by atoms with Crippen LogP contribution in [0.1, 0.15) is 28.4 Å². The zero-order valence-corrected chi connectivity index (χ0v) is 16.8. The van der Waals surface area contributed by atoms with Crippen LogP contribution in [0.2, 0.25) is 5.02 Å². The molecule has 2 aromatic carbocycles. The summed E-state index contributed by atoms with van der Waals surface area (Å²) in [4.78, 5) is 11.7. The lowest BCUT2D eigenvalue weighted by Crippen LogP contribution is -2.12. The molecule has 0 saturated heterocycles. The van der Waals surface area contributed by atoms with Gasteiger partial charge in [-0.25, -0.2) is 4.79 Å². The second-order valence-electron chi connectivity index (χ2n) is 7.08. The smallest absolute Gasteiger partial charge is 0.336 e. The summed E-state index contributed by atoms with van der Waals surface area (Å²) in [5.41, 5.74) is 2.51. The Balaban J connectivity index is 2.03. The Morgan fingerprint density at radius 3 is 2.76 bits per heavy atom. The summed E-state index contributed by atoms with van der Waals surface area (Å²) in [5.74, 6) is -0.630. The van der Waals surface area contributed by atoms with Gasteiger partial charge in [0.2, 0.25) is 0 Å². The molecule has 29 heavy (non-hydrogen) atoms. The van der Waals surface area contributed by atoms with Crippen LogP contribution in [0.5, 0.6) is 5.75 Å². The molecular weight excluding hydrogens is 397 g/mol. The van der Waals surface area contributed by atoms with Crippen molar-refractivity contribution in [1.29, 1.82) is 0 Å². The molecule has 5 nitrogen and oxygen atoms in total. The van der Waals surface area contributed by atoms with E-state index in [2.05, 4.69) is 0 Å². The third-order valence-corrected chi connectivity index (χ3v) is 4.98. The van der Waals surface area contributed by atoms with Crippen molar-refractivity contribution < 1.29 is 24.1 Å². The number of aromatic nitrogens is 1. The molecule has 0 saturated carbocycles. The summed E-state index contributed by atoms with van der Waals surface area (Å²) in [6, 6.07) is 10.4. The highest BCUT2D eigenvalue weighted by Gasteiger charge is 2.17. The third kappa shape index (κ3) is 4.71. The molecule has 2 N–H and O–H groups in total. The normalized spacial score (nSPS) is 12.3. The van der Waals surface area contributed by atoms with Crippen LogP contribution < -0.4 is 4.74 Å². The van der Waals surface area contributed by atoms with Crippen LogP contribution in [-0.4, -0.2) is 40.6 Å². The van der Waals surface area contributed by atoms with Crippen molar-refractivity contribution in [3.05, 3.63) is 64.3 Å². The molecule has 3 aromatic rings. The minimum absolute atomic E-state index is 0.0836. The summed E-state index contributed by atoms with van der Waals surface area (Å²) in [6.07, 6.45) is 2.20. The van der Waals surface area contributed by atoms with Crippen molar-refractivity contribution in [3.63, 3.8) is 0 Å². The molecule has 154 valence electrons. The first kappa shape index (κ1) is 21.1. The van der Waals surface area contributed by atoms with Gasteiger partial charge in [0.05, 0.1) is 25.4 Å². The molecule has 1 unspecified atom stereocenters. The fourth-order valence-corrected chi connectivity index (χ4v) is 3.53. The highest BCUT2D eigenvalue weighted by atomic mass is 35.5. The molecule has 0 spiro atoms. The van der Waals surface area contributed by atoms with E-state index in [0.717, 1.165) is 16.6 Å².